The lowest BCUT2D eigenvalue weighted by molar-refractivity contribution is -0.126. The van der Waals surface area contributed by atoms with Gasteiger partial charge in [0.05, 0.1) is 18.1 Å². The van der Waals surface area contributed by atoms with Crippen molar-refractivity contribution in [2.24, 2.45) is 0 Å². The largest absolute Gasteiger partial charge is 0.478 e. The molecule has 2 fully saturated rings. The van der Waals surface area contributed by atoms with Gasteiger partial charge in [-0.05, 0) is 79.0 Å². The van der Waals surface area contributed by atoms with Gasteiger partial charge >= 0.3 is 5.97 Å². The number of hydrogen-bond donors (Lipinski definition) is 1. The molecule has 2 heterocycles. The standard InChI is InChI=1S/C25H29NO4/c27-23(26-12-5-2-6-13-26)10-9-19-15-21(25(28)29)16-22(18-7-3-1-4-8-18)24(19)20-11-14-30-17-20/h9-11,14-18H,1-8,12-13H2,(H,28,29). The van der Waals surface area contributed by atoms with E-state index in [1.807, 2.05) is 17.0 Å². The minimum absolute atomic E-state index is 0.00668. The van der Waals surface area contributed by atoms with Crippen LogP contribution < -0.4 is 0 Å². The Balaban J connectivity index is 1.77. The second-order valence-corrected chi connectivity index (χ2v) is 8.40. The zero-order valence-corrected chi connectivity index (χ0v) is 17.3. The van der Waals surface area contributed by atoms with Gasteiger partial charge in [-0.1, -0.05) is 19.3 Å². The molecule has 0 bridgehead atoms. The van der Waals surface area contributed by atoms with Gasteiger partial charge in [0.1, 0.15) is 0 Å². The number of likely N-dealkylation sites (tertiary alicyclic amines) is 1. The van der Waals surface area contributed by atoms with Crippen LogP contribution in [0.2, 0.25) is 0 Å². The molecule has 1 amide bonds. The average Bonchev–Trinajstić information content (AvgIpc) is 3.32. The fourth-order valence-corrected chi connectivity index (χ4v) is 4.80. The van der Waals surface area contributed by atoms with Gasteiger partial charge < -0.3 is 14.4 Å². The van der Waals surface area contributed by atoms with Crippen LogP contribution in [0.1, 0.15) is 78.8 Å². The van der Waals surface area contributed by atoms with Gasteiger partial charge in [0.15, 0.2) is 0 Å². The molecule has 2 aromatic rings. The number of hydrogen-bond acceptors (Lipinski definition) is 3. The fourth-order valence-electron chi connectivity index (χ4n) is 4.80. The molecule has 0 unspecified atom stereocenters. The van der Waals surface area contributed by atoms with E-state index in [2.05, 4.69) is 0 Å². The number of furan rings is 1. The van der Waals surface area contributed by atoms with Gasteiger partial charge in [-0.2, -0.15) is 0 Å². The minimum atomic E-state index is -0.942. The summed E-state index contributed by atoms with van der Waals surface area (Å²) in [6.07, 6.45) is 15.6. The van der Waals surface area contributed by atoms with E-state index in [0.29, 0.717) is 5.92 Å². The lowest BCUT2D eigenvalue weighted by Crippen LogP contribution is -2.34. The van der Waals surface area contributed by atoms with E-state index >= 15 is 0 Å². The zero-order valence-electron chi connectivity index (χ0n) is 17.3. The van der Waals surface area contributed by atoms with E-state index in [1.165, 1.54) is 12.8 Å². The Morgan fingerprint density at radius 1 is 1.03 bits per heavy atom. The molecule has 1 N–H and O–H groups in total. The number of carboxylic acid groups (broad SMARTS) is 1. The van der Waals surface area contributed by atoms with Gasteiger partial charge in [-0.25, -0.2) is 4.79 Å². The van der Waals surface area contributed by atoms with Crippen LogP contribution in [0.3, 0.4) is 0 Å². The van der Waals surface area contributed by atoms with Crippen LogP contribution in [0.15, 0.2) is 41.2 Å². The summed E-state index contributed by atoms with van der Waals surface area (Å²) in [7, 11) is 0. The second kappa shape index (κ2) is 9.33. The molecule has 1 aromatic carbocycles. The van der Waals surface area contributed by atoms with Crippen molar-refractivity contribution in [2.75, 3.05) is 13.1 Å². The molecule has 2 aliphatic rings. The lowest BCUT2D eigenvalue weighted by atomic mass is 9.79. The number of amides is 1. The molecule has 1 aromatic heterocycles. The Labute approximate surface area is 177 Å². The molecule has 0 radical (unpaired) electrons. The van der Waals surface area contributed by atoms with Crippen LogP contribution in [0, 0.1) is 0 Å². The highest BCUT2D eigenvalue weighted by Crippen LogP contribution is 2.41. The molecular formula is C25H29NO4. The first-order chi connectivity index (χ1) is 14.6. The van der Waals surface area contributed by atoms with Gasteiger partial charge in [-0.3, -0.25) is 4.79 Å². The van der Waals surface area contributed by atoms with Crippen molar-refractivity contribution >= 4 is 18.0 Å². The molecule has 0 spiro atoms. The Bertz CT molecular complexity index is 917. The average molecular weight is 408 g/mol. The maximum absolute atomic E-state index is 12.7. The summed E-state index contributed by atoms with van der Waals surface area (Å²) in [5, 5.41) is 9.72. The SMILES string of the molecule is O=C(O)c1cc(C=CC(=O)N2CCCCC2)c(-c2ccoc2)c(C2CCCCC2)c1. The number of carboxylic acids is 1. The second-order valence-electron chi connectivity index (χ2n) is 8.40. The first-order valence-corrected chi connectivity index (χ1v) is 11.0. The van der Waals surface area contributed by atoms with Gasteiger partial charge in [0.25, 0.3) is 0 Å². The number of rotatable bonds is 5. The lowest BCUT2D eigenvalue weighted by Gasteiger charge is -2.26. The van der Waals surface area contributed by atoms with E-state index in [1.54, 1.807) is 30.7 Å². The maximum Gasteiger partial charge on any atom is 0.335 e. The maximum atomic E-state index is 12.7. The third kappa shape index (κ3) is 4.50. The van der Waals surface area contributed by atoms with Crippen LogP contribution in [0.25, 0.3) is 17.2 Å². The van der Waals surface area contributed by atoms with Crippen molar-refractivity contribution in [2.45, 2.75) is 57.3 Å². The Hall–Kier alpha value is -2.82. The van der Waals surface area contributed by atoms with Crippen molar-refractivity contribution in [1.29, 1.82) is 0 Å². The summed E-state index contributed by atoms with van der Waals surface area (Å²) >= 11 is 0. The third-order valence-corrected chi connectivity index (χ3v) is 6.37. The van der Waals surface area contributed by atoms with Crippen LogP contribution in [0.4, 0.5) is 0 Å². The molecule has 4 rings (SSSR count). The van der Waals surface area contributed by atoms with E-state index in [-0.39, 0.29) is 11.5 Å². The predicted octanol–water partition coefficient (Wildman–Crippen LogP) is 5.72. The Kier molecular flexibility index (Phi) is 6.36. The van der Waals surface area contributed by atoms with Crippen LogP contribution in [-0.2, 0) is 4.79 Å². The van der Waals surface area contributed by atoms with Gasteiger partial charge in [-0.15, -0.1) is 0 Å². The molecule has 1 aliphatic carbocycles. The predicted molar refractivity (Wildman–Crippen MR) is 116 cm³/mol. The number of benzene rings is 1. The molecule has 5 heteroatoms. The number of nitrogens with zero attached hydrogens (tertiary/aromatic N) is 1. The summed E-state index contributed by atoms with van der Waals surface area (Å²) < 4.78 is 5.35. The van der Waals surface area contributed by atoms with Gasteiger partial charge in [0.2, 0.25) is 5.91 Å². The molecule has 30 heavy (non-hydrogen) atoms. The van der Waals surface area contributed by atoms with E-state index in [9.17, 15) is 14.7 Å². The van der Waals surface area contributed by atoms with Gasteiger partial charge in [0, 0.05) is 24.7 Å². The highest BCUT2D eigenvalue weighted by molar-refractivity contribution is 5.96. The third-order valence-electron chi connectivity index (χ3n) is 6.37. The summed E-state index contributed by atoms with van der Waals surface area (Å²) in [6, 6.07) is 5.41. The minimum Gasteiger partial charge on any atom is -0.478 e. The molecule has 1 aliphatic heterocycles. The Morgan fingerprint density at radius 2 is 1.77 bits per heavy atom. The summed E-state index contributed by atoms with van der Waals surface area (Å²) in [5.41, 5.74) is 4.01. The van der Waals surface area contributed by atoms with Crippen LogP contribution >= 0.6 is 0 Å². The number of carbonyl (C=O) groups is 2. The van der Waals surface area contributed by atoms with Crippen molar-refractivity contribution < 1.29 is 19.1 Å². The monoisotopic (exact) mass is 407 g/mol. The first-order valence-electron chi connectivity index (χ1n) is 11.0. The van der Waals surface area contributed by atoms with Crippen molar-refractivity contribution in [1.82, 2.24) is 4.90 Å². The molecule has 1 saturated carbocycles. The quantitative estimate of drug-likeness (QED) is 0.644. The number of carbonyl (C=O) groups excluding carboxylic acids is 1. The van der Waals surface area contributed by atoms with Crippen molar-refractivity contribution in [3.8, 4) is 11.1 Å². The van der Waals surface area contributed by atoms with E-state index in [0.717, 1.165) is 73.9 Å². The fraction of sp³-hybridized carbons (Fsp3) is 0.440. The molecule has 1 saturated heterocycles. The number of aromatic carboxylic acids is 1. The van der Waals surface area contributed by atoms with E-state index in [4.69, 9.17) is 4.42 Å². The first kappa shape index (κ1) is 20.5. The topological polar surface area (TPSA) is 70.8 Å². The summed E-state index contributed by atoms with van der Waals surface area (Å²) in [4.78, 5) is 26.4. The molecule has 0 atom stereocenters. The molecule has 5 nitrogen and oxygen atoms in total. The molecular weight excluding hydrogens is 378 g/mol. The van der Waals surface area contributed by atoms with E-state index < -0.39 is 5.97 Å². The molecule has 158 valence electrons. The van der Waals surface area contributed by atoms with Crippen molar-refractivity contribution in [3.63, 3.8) is 0 Å². The van der Waals surface area contributed by atoms with Crippen LogP contribution in [-0.4, -0.2) is 35.0 Å². The smallest absolute Gasteiger partial charge is 0.335 e. The summed E-state index contributed by atoms with van der Waals surface area (Å²) in [6.45, 7) is 1.58. The summed E-state index contributed by atoms with van der Waals surface area (Å²) in [5.74, 6) is -0.622. The van der Waals surface area contributed by atoms with Crippen molar-refractivity contribution in [3.05, 3.63) is 53.5 Å². The zero-order chi connectivity index (χ0) is 20.9. The highest BCUT2D eigenvalue weighted by Gasteiger charge is 2.24. The highest BCUT2D eigenvalue weighted by atomic mass is 16.4. The number of piperidine rings is 1. The normalized spacial score (nSPS) is 18.1. The van der Waals surface area contributed by atoms with Crippen LogP contribution in [0.5, 0.6) is 0 Å². The Morgan fingerprint density at radius 3 is 2.43 bits per heavy atom.